The van der Waals surface area contributed by atoms with Gasteiger partial charge in [-0.25, -0.2) is 0 Å². The lowest BCUT2D eigenvalue weighted by molar-refractivity contribution is -0.216. The molecule has 1 amide bonds. The van der Waals surface area contributed by atoms with Crippen LogP contribution in [-0.4, -0.2) is 105 Å². The Kier molecular flexibility index (Phi) is 10.5. The molecule has 3 N–H and O–H groups in total. The Labute approximate surface area is 381 Å². The maximum atomic E-state index is 15.4. The van der Waals surface area contributed by atoms with Gasteiger partial charge in [0.2, 0.25) is 0 Å². The number of carbonyl (C=O) groups is 3. The Morgan fingerprint density at radius 2 is 1.72 bits per heavy atom. The molecule has 2 bridgehead atoms. The quantitative estimate of drug-likeness (QED) is 0.111. The third kappa shape index (κ3) is 6.04. The number of nitrogens with one attached hydrogen (secondary N) is 2. The number of hydrogen-bond acceptors (Lipinski definition) is 10. The van der Waals surface area contributed by atoms with Crippen molar-refractivity contribution >= 4 is 34.4 Å². The maximum Gasteiger partial charge on any atom is 0.322 e. The predicted octanol–water partition coefficient (Wildman–Crippen LogP) is 7.16. The summed E-state index contributed by atoms with van der Waals surface area (Å²) in [6, 6.07) is 18.7. The monoisotopic (exact) mass is 882 g/mol. The maximum absolute atomic E-state index is 15.4. The average Bonchev–Trinajstić information content (AvgIpc) is 3.97. The van der Waals surface area contributed by atoms with Crippen molar-refractivity contribution in [1.29, 1.82) is 0 Å². The highest BCUT2D eigenvalue weighted by Gasteiger charge is 2.78. The highest BCUT2D eigenvalue weighted by molar-refractivity contribution is 5.97. The van der Waals surface area contributed by atoms with Crippen molar-refractivity contribution in [2.24, 2.45) is 17.3 Å². The van der Waals surface area contributed by atoms with Crippen LogP contribution in [0.2, 0.25) is 0 Å². The van der Waals surface area contributed by atoms with Gasteiger partial charge in [0.15, 0.2) is 0 Å². The van der Waals surface area contributed by atoms with Crippen LogP contribution in [0.1, 0.15) is 92.0 Å². The molecule has 342 valence electrons. The second kappa shape index (κ2) is 15.8. The Hall–Kier alpha value is -5.59. The van der Waals surface area contributed by atoms with Crippen LogP contribution >= 0.6 is 0 Å². The second-order valence-corrected chi connectivity index (χ2v) is 19.6. The lowest BCUT2D eigenvalue weighted by Crippen LogP contribution is -2.81. The van der Waals surface area contributed by atoms with E-state index in [1.165, 1.54) is 26.7 Å². The third-order valence-electron chi connectivity index (χ3n) is 16.6. The summed E-state index contributed by atoms with van der Waals surface area (Å²) in [5.74, 6) is 0.188. The number of H-pyrrole nitrogens is 1. The van der Waals surface area contributed by atoms with E-state index in [1.54, 1.807) is 31.4 Å². The van der Waals surface area contributed by atoms with E-state index >= 15 is 4.79 Å². The van der Waals surface area contributed by atoms with E-state index < -0.39 is 45.9 Å². The van der Waals surface area contributed by atoms with E-state index in [-0.39, 0.29) is 24.5 Å². The molecule has 12 heteroatoms. The van der Waals surface area contributed by atoms with Crippen molar-refractivity contribution in [1.82, 2.24) is 15.2 Å². The number of para-hydroxylation sites is 2. The summed E-state index contributed by atoms with van der Waals surface area (Å²) in [4.78, 5) is 51.3. The number of anilines is 1. The number of ether oxygens (including phenoxy) is 4. The Morgan fingerprint density at radius 3 is 2.46 bits per heavy atom. The average molecular weight is 883 g/mol. The van der Waals surface area contributed by atoms with Gasteiger partial charge in [-0.15, -0.1) is 0 Å². The number of benzene rings is 3. The van der Waals surface area contributed by atoms with Crippen LogP contribution in [0.3, 0.4) is 0 Å². The van der Waals surface area contributed by atoms with Crippen molar-refractivity contribution < 1.29 is 38.4 Å². The number of aliphatic hydroxyl groups is 1. The van der Waals surface area contributed by atoms with Gasteiger partial charge < -0.3 is 39.3 Å². The molecule has 3 aliphatic heterocycles. The van der Waals surface area contributed by atoms with Crippen LogP contribution < -0.4 is 19.7 Å². The van der Waals surface area contributed by atoms with Gasteiger partial charge in [-0.3, -0.25) is 19.3 Å². The molecule has 2 fully saturated rings. The standard InChI is InChI=1S/C53H62N4O8/c1-8-32-23-33-25-34(24-32)29-52(49(60)64-7,44-37(26-33)35-15-10-12-17-40(35)55-44)39-27-38-41(28-43(39)63-6)56(4)47-51(38)20-22-57-21-14-19-50(9-2,46(51)57)48(65-31(3)58)53(47,61)30-54-45(59)36-16-11-13-18-42(36)62-5/h10-19,24,27-28,33-34,46-48,55,61H,8-9,20-23,25-26,29-30H2,1-7H3,(H,54,59)/t33?,34-,46+,47-,48-,50-,51-,52+,53+/m1/s1. The minimum absolute atomic E-state index is 0.100. The molecular formula is C53H62N4O8. The SMILES string of the molecule is CCC1=C[C@@H]2CC(C1)Cc1c([nH]c3ccccc13)[C@@](C(=O)OC)(c1cc3c(cc1OC)N(C)[C@H]1[C@@](O)(CNC(=O)c4ccccc4OC)[C@H](OC(C)=O)[C@]4(CC)C=CCN5CC[C@]31[C@@H]54)C2. The number of allylic oxidation sites excluding steroid dienone is 2. The summed E-state index contributed by atoms with van der Waals surface area (Å²) < 4.78 is 24.5. The molecule has 4 heterocycles. The fourth-order valence-electron chi connectivity index (χ4n) is 14.4. The number of carbonyl (C=O) groups excluding carboxylic acids is 3. The number of aromatic nitrogens is 1. The van der Waals surface area contributed by atoms with E-state index in [4.69, 9.17) is 18.9 Å². The first-order chi connectivity index (χ1) is 31.3. The molecule has 1 saturated carbocycles. The molecule has 3 aromatic carbocycles. The van der Waals surface area contributed by atoms with Gasteiger partial charge in [0.05, 0.1) is 39.5 Å². The summed E-state index contributed by atoms with van der Waals surface area (Å²) in [7, 11) is 6.64. The van der Waals surface area contributed by atoms with Gasteiger partial charge in [-0.05, 0) is 98.7 Å². The molecule has 1 aromatic heterocycles. The summed E-state index contributed by atoms with van der Waals surface area (Å²) in [5.41, 5.74) is 2.48. The molecule has 1 spiro atoms. The summed E-state index contributed by atoms with van der Waals surface area (Å²) in [5, 5.41) is 18.2. The van der Waals surface area contributed by atoms with Crippen molar-refractivity contribution in [3.63, 3.8) is 0 Å². The molecule has 10 rings (SSSR count). The van der Waals surface area contributed by atoms with Gasteiger partial charge in [0.25, 0.3) is 5.91 Å². The van der Waals surface area contributed by atoms with Crippen LogP contribution in [0, 0.1) is 17.3 Å². The van der Waals surface area contributed by atoms with Crippen molar-refractivity contribution in [2.75, 3.05) is 52.9 Å². The zero-order valence-electron chi connectivity index (χ0n) is 38.7. The van der Waals surface area contributed by atoms with Gasteiger partial charge in [-0.1, -0.05) is 68.0 Å². The Bertz CT molecular complexity index is 2650. The fourth-order valence-corrected chi connectivity index (χ4v) is 14.4. The first-order valence-corrected chi connectivity index (χ1v) is 23.4. The Morgan fingerprint density at radius 1 is 0.954 bits per heavy atom. The predicted molar refractivity (Wildman–Crippen MR) is 249 cm³/mol. The van der Waals surface area contributed by atoms with Crippen LogP contribution in [0.4, 0.5) is 5.69 Å². The van der Waals surface area contributed by atoms with Crippen molar-refractivity contribution in [2.45, 2.75) is 100 Å². The molecule has 1 saturated heterocycles. The van der Waals surface area contributed by atoms with Crippen LogP contribution in [0.25, 0.3) is 10.9 Å². The number of hydrogen-bond donors (Lipinski definition) is 3. The zero-order valence-corrected chi connectivity index (χ0v) is 38.7. The van der Waals surface area contributed by atoms with Crippen molar-refractivity contribution in [3.05, 3.63) is 112 Å². The first kappa shape index (κ1) is 43.3. The van der Waals surface area contributed by atoms with Gasteiger partial charge in [0, 0.05) is 71.3 Å². The van der Waals surface area contributed by atoms with E-state index in [1.807, 2.05) is 19.2 Å². The number of nitrogens with zero attached hydrogens (tertiary/aromatic N) is 2. The first-order valence-electron chi connectivity index (χ1n) is 23.4. The molecule has 0 radical (unpaired) electrons. The molecule has 4 aromatic rings. The number of aromatic amines is 1. The van der Waals surface area contributed by atoms with Gasteiger partial charge in [0.1, 0.15) is 28.6 Å². The number of methoxy groups -OCH3 is 3. The highest BCUT2D eigenvalue weighted by Crippen LogP contribution is 2.68. The normalized spacial score (nSPS) is 32.0. The number of esters is 2. The number of amides is 1. The smallest absolute Gasteiger partial charge is 0.322 e. The van der Waals surface area contributed by atoms with Crippen LogP contribution in [-0.2, 0) is 36.3 Å². The molecule has 12 nitrogen and oxygen atoms in total. The van der Waals surface area contributed by atoms with Crippen molar-refractivity contribution in [3.8, 4) is 11.5 Å². The van der Waals surface area contributed by atoms with Gasteiger partial charge in [-0.2, -0.15) is 0 Å². The van der Waals surface area contributed by atoms with E-state index in [9.17, 15) is 14.7 Å². The third-order valence-corrected chi connectivity index (χ3v) is 16.6. The van der Waals surface area contributed by atoms with Gasteiger partial charge >= 0.3 is 11.9 Å². The second-order valence-electron chi connectivity index (χ2n) is 19.6. The lowest BCUT2D eigenvalue weighted by atomic mass is 9.47. The Balaban J connectivity index is 1.23. The van der Waals surface area contributed by atoms with Crippen LogP contribution in [0.5, 0.6) is 11.5 Å². The number of fused-ring (bicyclic) bond motifs is 6. The van der Waals surface area contributed by atoms with E-state index in [0.29, 0.717) is 48.8 Å². The molecule has 9 atom stereocenters. The molecular weight excluding hydrogens is 821 g/mol. The fraction of sp³-hybridized carbons (Fsp3) is 0.491. The summed E-state index contributed by atoms with van der Waals surface area (Å²) >= 11 is 0. The van der Waals surface area contributed by atoms with E-state index in [2.05, 4.69) is 76.4 Å². The minimum atomic E-state index is -1.84. The minimum Gasteiger partial charge on any atom is -0.496 e. The number of likely N-dealkylation sites (N-methyl/N-ethyl adjacent to an activating group) is 1. The molecule has 65 heavy (non-hydrogen) atoms. The lowest BCUT2D eigenvalue weighted by Gasteiger charge is -2.64. The molecule has 1 unspecified atom stereocenters. The zero-order chi connectivity index (χ0) is 45.6. The summed E-state index contributed by atoms with van der Waals surface area (Å²) in [6.45, 7) is 6.89. The topological polar surface area (TPSA) is 143 Å². The largest absolute Gasteiger partial charge is 0.496 e. The summed E-state index contributed by atoms with van der Waals surface area (Å²) in [6.07, 6.45) is 11.1. The highest BCUT2D eigenvalue weighted by atomic mass is 16.6. The molecule has 3 aliphatic carbocycles. The van der Waals surface area contributed by atoms with E-state index in [0.717, 1.165) is 71.2 Å². The van der Waals surface area contributed by atoms with Crippen LogP contribution in [0.15, 0.2) is 84.5 Å². The molecule has 6 aliphatic rings. The number of rotatable bonds is 10.